The molecule has 0 aliphatic carbocycles. The molecule has 0 spiro atoms. The quantitative estimate of drug-likeness (QED) is 0.143. The van der Waals surface area contributed by atoms with E-state index in [1.54, 1.807) is 0 Å². The number of fused-ring (bicyclic) bond motifs is 16. The van der Waals surface area contributed by atoms with Crippen molar-refractivity contribution in [2.75, 3.05) is 9.80 Å². The fraction of sp³-hybridized carbons (Fsp3) is 0.143. The van der Waals surface area contributed by atoms with Crippen LogP contribution >= 0.6 is 23.5 Å². The number of aryl methyl sites for hydroxylation is 1. The van der Waals surface area contributed by atoms with Crippen LogP contribution in [0.5, 0.6) is 0 Å². The largest absolute Gasteiger partial charge is 0.311 e. The molecule has 0 amide bonds. The Kier molecular flexibility index (Phi) is 6.86. The molecule has 54 heavy (non-hydrogen) atoms. The number of hydrogen-bond acceptors (Lipinski definition) is 4. The van der Waals surface area contributed by atoms with Crippen molar-refractivity contribution in [1.82, 2.24) is 0 Å². The van der Waals surface area contributed by atoms with E-state index in [0.717, 1.165) is 0 Å². The Morgan fingerprint density at radius 2 is 0.833 bits per heavy atom. The van der Waals surface area contributed by atoms with E-state index in [-0.39, 0.29) is 17.5 Å². The molecule has 0 saturated carbocycles. The van der Waals surface area contributed by atoms with E-state index in [1.165, 1.54) is 97.9 Å². The maximum absolute atomic E-state index is 2.56. The molecule has 7 aromatic rings. The third-order valence-electron chi connectivity index (χ3n) is 12.4. The number of benzene rings is 7. The van der Waals surface area contributed by atoms with Crippen molar-refractivity contribution >= 4 is 80.7 Å². The lowest BCUT2D eigenvalue weighted by Crippen LogP contribution is -2.61. The second-order valence-corrected chi connectivity index (χ2v) is 18.7. The molecule has 4 aliphatic heterocycles. The van der Waals surface area contributed by atoms with E-state index in [2.05, 4.69) is 190 Å². The summed E-state index contributed by atoms with van der Waals surface area (Å²) >= 11 is 3.70. The predicted molar refractivity (Wildman–Crippen MR) is 231 cm³/mol. The molecule has 0 fully saturated rings. The zero-order valence-corrected chi connectivity index (χ0v) is 32.8. The third-order valence-corrected chi connectivity index (χ3v) is 14.4. The van der Waals surface area contributed by atoms with Gasteiger partial charge >= 0.3 is 0 Å². The SMILES string of the molecule is Cc1cc2c3c(c1)N1c4cccc(c4)Sc4cccc(c4)C(C)(C)c4ccc(c1c4)B3c1ccc3cc1N2c1cccc(c1)Sc1cccc(c1)C3(C)C. The monoisotopic (exact) mass is 730 g/mol. The van der Waals surface area contributed by atoms with Crippen molar-refractivity contribution in [2.45, 2.75) is 65.0 Å². The van der Waals surface area contributed by atoms with Gasteiger partial charge in [0.2, 0.25) is 0 Å². The van der Waals surface area contributed by atoms with Gasteiger partial charge in [0, 0.05) is 64.5 Å². The first-order valence-electron chi connectivity index (χ1n) is 18.9. The summed E-state index contributed by atoms with van der Waals surface area (Å²) in [4.78, 5) is 10.1. The lowest BCUT2D eigenvalue weighted by Gasteiger charge is -2.45. The average molecular weight is 731 g/mol. The van der Waals surface area contributed by atoms with E-state index >= 15 is 0 Å². The summed E-state index contributed by atoms with van der Waals surface area (Å²) in [7, 11) is 0. The van der Waals surface area contributed by atoms with Crippen molar-refractivity contribution in [2.24, 2.45) is 0 Å². The highest BCUT2D eigenvalue weighted by Gasteiger charge is 2.44. The summed E-state index contributed by atoms with van der Waals surface area (Å²) in [6.45, 7) is 11.8. The summed E-state index contributed by atoms with van der Waals surface area (Å²) in [5, 5.41) is 0. The Labute approximate surface area is 327 Å². The Balaban J connectivity index is 1.23. The van der Waals surface area contributed by atoms with Gasteiger partial charge in [-0.25, -0.2) is 0 Å². The lowest BCUT2D eigenvalue weighted by molar-refractivity contribution is 0.639. The molecule has 7 aromatic carbocycles. The number of nitrogens with zero attached hydrogens (tertiary/aromatic N) is 2. The van der Waals surface area contributed by atoms with Crippen LogP contribution in [0.25, 0.3) is 0 Å². The topological polar surface area (TPSA) is 6.48 Å². The van der Waals surface area contributed by atoms with Gasteiger partial charge in [-0.3, -0.25) is 0 Å². The first-order valence-corrected chi connectivity index (χ1v) is 20.6. The van der Waals surface area contributed by atoms with Crippen LogP contribution in [0.4, 0.5) is 34.1 Å². The summed E-state index contributed by atoms with van der Waals surface area (Å²) in [5.41, 5.74) is 17.7. The second-order valence-electron chi connectivity index (χ2n) is 16.4. The minimum absolute atomic E-state index is 0.0741. The van der Waals surface area contributed by atoms with E-state index in [9.17, 15) is 0 Å². The molecule has 4 aliphatic rings. The molecule has 11 rings (SSSR count). The van der Waals surface area contributed by atoms with Crippen LogP contribution in [0.15, 0.2) is 165 Å². The molecule has 4 heterocycles. The molecule has 0 aromatic heterocycles. The van der Waals surface area contributed by atoms with E-state index < -0.39 is 0 Å². The van der Waals surface area contributed by atoms with Crippen LogP contribution < -0.4 is 26.2 Å². The minimum Gasteiger partial charge on any atom is -0.311 e. The van der Waals surface area contributed by atoms with Gasteiger partial charge in [0.15, 0.2) is 0 Å². The standard InChI is InChI=1S/C49H39BN2S2/c1-30-22-45-47-46(23-30)52-36-13-9-17-40(29-36)54-38-15-7-11-32(25-38)49(4,5)34-19-21-42(44(52)27-34)50(47)41-20-18-33-26-43(41)51(45)35-12-8-16-39(28-35)53-37-14-6-10-31(24-37)48(33,2)3/h6-29H,1-5H3. The van der Waals surface area contributed by atoms with Gasteiger partial charge in [0.05, 0.1) is 0 Å². The average Bonchev–Trinajstić information content (AvgIpc) is 3.17. The van der Waals surface area contributed by atoms with E-state index in [4.69, 9.17) is 0 Å². The maximum atomic E-state index is 2.56. The van der Waals surface area contributed by atoms with Crippen LogP contribution in [-0.4, -0.2) is 6.71 Å². The molecule has 5 heteroatoms. The molecule has 0 unspecified atom stereocenters. The zero-order valence-electron chi connectivity index (χ0n) is 31.1. The van der Waals surface area contributed by atoms with Crippen LogP contribution in [0, 0.1) is 6.92 Å². The fourth-order valence-electron chi connectivity index (χ4n) is 9.33. The highest BCUT2D eigenvalue weighted by atomic mass is 32.2. The van der Waals surface area contributed by atoms with Gasteiger partial charge in [-0.15, -0.1) is 0 Å². The van der Waals surface area contributed by atoms with Crippen LogP contribution in [0.3, 0.4) is 0 Å². The minimum atomic E-state index is -0.185. The molecule has 0 radical (unpaired) electrons. The van der Waals surface area contributed by atoms with Crippen LogP contribution in [0.1, 0.15) is 55.5 Å². The highest BCUT2D eigenvalue weighted by molar-refractivity contribution is 7.99. The predicted octanol–water partition coefficient (Wildman–Crippen LogP) is 11.7. The first-order chi connectivity index (χ1) is 26.1. The fourth-order valence-corrected chi connectivity index (χ4v) is 11.2. The van der Waals surface area contributed by atoms with Gasteiger partial charge in [-0.2, -0.15) is 0 Å². The maximum Gasteiger partial charge on any atom is 0.252 e. The Bertz CT molecular complexity index is 2550. The van der Waals surface area contributed by atoms with E-state index in [0.29, 0.717) is 0 Å². The molecule has 0 N–H and O–H groups in total. The van der Waals surface area contributed by atoms with Crippen molar-refractivity contribution in [3.8, 4) is 0 Å². The van der Waals surface area contributed by atoms with Gasteiger partial charge < -0.3 is 9.80 Å². The van der Waals surface area contributed by atoms with Crippen molar-refractivity contribution in [3.63, 3.8) is 0 Å². The number of rotatable bonds is 0. The molecule has 0 saturated heterocycles. The molecular formula is C49H39BN2S2. The number of hydrogen-bond donors (Lipinski definition) is 0. The first kappa shape index (κ1) is 32.3. The molecule has 0 atom stereocenters. The van der Waals surface area contributed by atoms with Crippen molar-refractivity contribution in [3.05, 3.63) is 173 Å². The van der Waals surface area contributed by atoms with Gasteiger partial charge in [-0.1, -0.05) is 112 Å². The van der Waals surface area contributed by atoms with Crippen molar-refractivity contribution in [1.29, 1.82) is 0 Å². The molecular weight excluding hydrogens is 691 g/mol. The van der Waals surface area contributed by atoms with Gasteiger partial charge in [-0.05, 0) is 136 Å². The Morgan fingerprint density at radius 1 is 0.426 bits per heavy atom. The second kappa shape index (κ2) is 11.5. The molecule has 12 bridgehead atoms. The van der Waals surface area contributed by atoms with Crippen LogP contribution in [-0.2, 0) is 10.8 Å². The Morgan fingerprint density at radius 3 is 1.30 bits per heavy atom. The van der Waals surface area contributed by atoms with Gasteiger partial charge in [0.25, 0.3) is 6.71 Å². The van der Waals surface area contributed by atoms with Crippen molar-refractivity contribution < 1.29 is 0 Å². The number of anilines is 6. The molecule has 260 valence electrons. The zero-order chi connectivity index (χ0) is 36.5. The summed E-state index contributed by atoms with van der Waals surface area (Å²) in [6.07, 6.45) is 0. The molecule has 2 nitrogen and oxygen atoms in total. The highest BCUT2D eigenvalue weighted by Crippen LogP contribution is 2.49. The van der Waals surface area contributed by atoms with E-state index in [1.807, 2.05) is 23.5 Å². The van der Waals surface area contributed by atoms with Crippen LogP contribution in [0.2, 0.25) is 0 Å². The summed E-state index contributed by atoms with van der Waals surface area (Å²) in [6, 6.07) is 56.1. The lowest BCUT2D eigenvalue weighted by atomic mass is 9.33. The third kappa shape index (κ3) is 4.71. The summed E-state index contributed by atoms with van der Waals surface area (Å²) in [5.74, 6) is 0. The van der Waals surface area contributed by atoms with Gasteiger partial charge in [0.1, 0.15) is 0 Å². The smallest absolute Gasteiger partial charge is 0.252 e. The normalized spacial score (nSPS) is 16.3. The summed E-state index contributed by atoms with van der Waals surface area (Å²) < 4.78 is 0. The Hall–Kier alpha value is -5.10.